The van der Waals surface area contributed by atoms with E-state index in [0.717, 1.165) is 4.31 Å². The molecule has 138 valence electrons. The Labute approximate surface area is 151 Å². The largest absolute Gasteiger partial charge is 0.504 e. The Balaban J connectivity index is 2.12. The molecule has 0 heterocycles. The molecular formula is C17H19N3O5S. The minimum Gasteiger partial charge on any atom is -0.504 e. The van der Waals surface area contributed by atoms with Crippen molar-refractivity contribution in [2.45, 2.75) is 4.90 Å². The van der Waals surface area contributed by atoms with E-state index in [0.29, 0.717) is 11.3 Å². The Morgan fingerprint density at radius 1 is 1.23 bits per heavy atom. The Morgan fingerprint density at radius 2 is 1.96 bits per heavy atom. The van der Waals surface area contributed by atoms with E-state index in [1.807, 2.05) is 0 Å². The van der Waals surface area contributed by atoms with Crippen LogP contribution in [0.15, 0.2) is 52.5 Å². The minimum absolute atomic E-state index is 0.0132. The van der Waals surface area contributed by atoms with E-state index in [4.69, 9.17) is 4.74 Å². The highest BCUT2D eigenvalue weighted by Gasteiger charge is 2.18. The van der Waals surface area contributed by atoms with Gasteiger partial charge in [0.1, 0.15) is 0 Å². The van der Waals surface area contributed by atoms with Crippen molar-refractivity contribution in [2.75, 3.05) is 21.2 Å². The van der Waals surface area contributed by atoms with Gasteiger partial charge in [0.15, 0.2) is 11.5 Å². The van der Waals surface area contributed by atoms with Gasteiger partial charge in [0.25, 0.3) is 5.91 Å². The first-order valence-electron chi connectivity index (χ1n) is 7.48. The van der Waals surface area contributed by atoms with Gasteiger partial charge in [0.2, 0.25) is 10.0 Å². The smallest absolute Gasteiger partial charge is 0.271 e. The van der Waals surface area contributed by atoms with Crippen LogP contribution in [0.1, 0.15) is 15.9 Å². The van der Waals surface area contributed by atoms with Crippen molar-refractivity contribution in [1.82, 2.24) is 9.73 Å². The molecule has 0 atom stereocenters. The van der Waals surface area contributed by atoms with Gasteiger partial charge in [0.05, 0.1) is 18.2 Å². The maximum Gasteiger partial charge on any atom is 0.271 e. The number of benzene rings is 2. The predicted molar refractivity (Wildman–Crippen MR) is 97.0 cm³/mol. The number of aromatic hydroxyl groups is 1. The third kappa shape index (κ3) is 4.38. The fourth-order valence-electron chi connectivity index (χ4n) is 2.03. The second-order valence-electron chi connectivity index (χ2n) is 5.45. The Bertz CT molecular complexity index is 939. The number of rotatable bonds is 6. The summed E-state index contributed by atoms with van der Waals surface area (Å²) in [4.78, 5) is 12.2. The number of phenolic OH excluding ortho intramolecular Hbond substituents is 1. The lowest BCUT2D eigenvalue weighted by molar-refractivity contribution is 0.0955. The van der Waals surface area contributed by atoms with Crippen molar-refractivity contribution in [3.63, 3.8) is 0 Å². The highest BCUT2D eigenvalue weighted by atomic mass is 32.2. The van der Waals surface area contributed by atoms with Crippen LogP contribution >= 0.6 is 0 Å². The molecule has 2 N–H and O–H groups in total. The summed E-state index contributed by atoms with van der Waals surface area (Å²) in [5.74, 6) is -0.288. The van der Waals surface area contributed by atoms with Gasteiger partial charge in [0, 0.05) is 19.7 Å². The SMILES string of the molecule is COc1ccc(/C=N\NC(=O)c2cccc(S(=O)(=O)N(C)C)c2)cc1O. The van der Waals surface area contributed by atoms with Crippen molar-refractivity contribution < 1.29 is 23.1 Å². The number of methoxy groups -OCH3 is 1. The lowest BCUT2D eigenvalue weighted by Crippen LogP contribution is -2.23. The van der Waals surface area contributed by atoms with Crippen molar-refractivity contribution in [3.8, 4) is 11.5 Å². The molecule has 0 aliphatic rings. The molecule has 0 aromatic heterocycles. The zero-order valence-electron chi connectivity index (χ0n) is 14.5. The number of nitrogens with zero attached hydrogens (tertiary/aromatic N) is 2. The summed E-state index contributed by atoms with van der Waals surface area (Å²) in [6.07, 6.45) is 1.34. The van der Waals surface area contributed by atoms with Gasteiger partial charge in [-0.3, -0.25) is 4.79 Å². The molecule has 0 radical (unpaired) electrons. The van der Waals surface area contributed by atoms with Crippen LogP contribution in [0.3, 0.4) is 0 Å². The number of hydrogen-bond donors (Lipinski definition) is 2. The van der Waals surface area contributed by atoms with Crippen molar-refractivity contribution in [2.24, 2.45) is 5.10 Å². The first-order valence-corrected chi connectivity index (χ1v) is 8.92. The molecule has 0 bridgehead atoms. The van der Waals surface area contributed by atoms with Gasteiger partial charge >= 0.3 is 0 Å². The highest BCUT2D eigenvalue weighted by Crippen LogP contribution is 2.25. The van der Waals surface area contributed by atoms with Crippen LogP contribution in [0.4, 0.5) is 0 Å². The number of nitrogens with one attached hydrogen (secondary N) is 1. The van der Waals surface area contributed by atoms with E-state index in [1.54, 1.807) is 12.1 Å². The molecule has 2 aromatic rings. The first kappa shape index (κ1) is 19.4. The summed E-state index contributed by atoms with van der Waals surface area (Å²) in [6.45, 7) is 0. The van der Waals surface area contributed by atoms with Crippen LogP contribution in [0.5, 0.6) is 11.5 Å². The summed E-state index contributed by atoms with van der Waals surface area (Å²) in [6, 6.07) is 10.3. The Kier molecular flexibility index (Phi) is 5.96. The van der Waals surface area contributed by atoms with Gasteiger partial charge in [-0.05, 0) is 42.0 Å². The molecule has 0 unspecified atom stereocenters. The van der Waals surface area contributed by atoms with Crippen LogP contribution in [-0.2, 0) is 10.0 Å². The summed E-state index contributed by atoms with van der Waals surface area (Å²) in [5.41, 5.74) is 3.02. The van der Waals surface area contributed by atoms with Gasteiger partial charge < -0.3 is 9.84 Å². The zero-order chi connectivity index (χ0) is 19.3. The molecule has 0 saturated carbocycles. The number of sulfonamides is 1. The number of phenols is 1. The summed E-state index contributed by atoms with van der Waals surface area (Å²) < 4.78 is 30.2. The summed E-state index contributed by atoms with van der Waals surface area (Å²) in [5, 5.41) is 13.5. The fraction of sp³-hybridized carbons (Fsp3) is 0.176. The number of hydrazone groups is 1. The average molecular weight is 377 g/mol. The Morgan fingerprint density at radius 3 is 2.58 bits per heavy atom. The van der Waals surface area contributed by atoms with E-state index in [1.165, 1.54) is 57.8 Å². The maximum atomic E-state index is 12.1. The van der Waals surface area contributed by atoms with Gasteiger partial charge in [-0.25, -0.2) is 18.1 Å². The average Bonchev–Trinajstić information content (AvgIpc) is 2.61. The quantitative estimate of drug-likeness (QED) is 0.585. The fourth-order valence-corrected chi connectivity index (χ4v) is 2.97. The zero-order valence-corrected chi connectivity index (χ0v) is 15.3. The van der Waals surface area contributed by atoms with Crippen LogP contribution in [0.2, 0.25) is 0 Å². The number of hydrogen-bond acceptors (Lipinski definition) is 6. The van der Waals surface area contributed by atoms with Crippen molar-refractivity contribution in [3.05, 3.63) is 53.6 Å². The van der Waals surface area contributed by atoms with Gasteiger partial charge in [-0.2, -0.15) is 5.10 Å². The molecule has 8 nitrogen and oxygen atoms in total. The third-order valence-corrected chi connectivity index (χ3v) is 5.27. The van der Waals surface area contributed by atoms with Crippen LogP contribution in [0, 0.1) is 0 Å². The second-order valence-corrected chi connectivity index (χ2v) is 7.60. The summed E-state index contributed by atoms with van der Waals surface area (Å²) >= 11 is 0. The molecular weight excluding hydrogens is 358 g/mol. The molecule has 26 heavy (non-hydrogen) atoms. The van der Waals surface area contributed by atoms with E-state index < -0.39 is 15.9 Å². The number of ether oxygens (including phenoxy) is 1. The molecule has 2 rings (SSSR count). The normalized spacial score (nSPS) is 11.7. The number of amides is 1. The molecule has 2 aromatic carbocycles. The van der Waals surface area contributed by atoms with Crippen molar-refractivity contribution >= 4 is 22.1 Å². The van der Waals surface area contributed by atoms with E-state index in [9.17, 15) is 18.3 Å². The van der Waals surface area contributed by atoms with Crippen LogP contribution < -0.4 is 10.2 Å². The van der Waals surface area contributed by atoms with Crippen molar-refractivity contribution in [1.29, 1.82) is 0 Å². The van der Waals surface area contributed by atoms with Gasteiger partial charge in [-0.1, -0.05) is 6.07 Å². The topological polar surface area (TPSA) is 108 Å². The van der Waals surface area contributed by atoms with E-state index in [2.05, 4.69) is 10.5 Å². The van der Waals surface area contributed by atoms with E-state index >= 15 is 0 Å². The van der Waals surface area contributed by atoms with Gasteiger partial charge in [-0.15, -0.1) is 0 Å². The standard InChI is InChI=1S/C17H19N3O5S/c1-20(2)26(23,24)14-6-4-5-13(10-14)17(22)19-18-11-12-7-8-16(25-3)15(21)9-12/h4-11,21H,1-3H3,(H,19,22)/b18-11-. The Hall–Kier alpha value is -2.91. The molecule has 0 spiro atoms. The number of carbonyl (C=O) groups is 1. The van der Waals surface area contributed by atoms with E-state index in [-0.39, 0.29) is 16.2 Å². The number of carbonyl (C=O) groups excluding carboxylic acids is 1. The molecule has 0 aliphatic carbocycles. The second kappa shape index (κ2) is 7.98. The predicted octanol–water partition coefficient (Wildman–Crippen LogP) is 1.42. The molecule has 0 fully saturated rings. The maximum absolute atomic E-state index is 12.1. The minimum atomic E-state index is -3.63. The lowest BCUT2D eigenvalue weighted by atomic mass is 10.2. The summed E-state index contributed by atoms with van der Waals surface area (Å²) in [7, 11) is 0.632. The molecule has 1 amide bonds. The first-order chi connectivity index (χ1) is 12.3. The third-order valence-electron chi connectivity index (χ3n) is 3.46. The lowest BCUT2D eigenvalue weighted by Gasteiger charge is -2.11. The molecule has 9 heteroatoms. The highest BCUT2D eigenvalue weighted by molar-refractivity contribution is 7.89. The molecule has 0 saturated heterocycles. The van der Waals surface area contributed by atoms with Crippen LogP contribution in [-0.4, -0.2) is 51.2 Å². The molecule has 0 aliphatic heterocycles. The monoisotopic (exact) mass is 377 g/mol. The van der Waals surface area contributed by atoms with Crippen LogP contribution in [0.25, 0.3) is 0 Å².